The van der Waals surface area contributed by atoms with Gasteiger partial charge in [0.05, 0.1) is 0 Å². The van der Waals surface area contributed by atoms with Crippen LogP contribution in [-0.2, 0) is 9.53 Å². The first-order chi connectivity index (χ1) is 6.29. The minimum absolute atomic E-state index is 0.141. The minimum atomic E-state index is -0.141. The molecule has 0 aromatic rings. The maximum atomic E-state index is 11.9. The number of likely N-dealkylation sites (tertiary alicyclic amines) is 1. The van der Waals surface area contributed by atoms with Crippen LogP contribution in [-0.4, -0.2) is 36.6 Å². The van der Waals surface area contributed by atoms with Gasteiger partial charge in [0.15, 0.2) is 0 Å². The van der Waals surface area contributed by atoms with Crippen molar-refractivity contribution in [3.63, 3.8) is 0 Å². The summed E-state index contributed by atoms with van der Waals surface area (Å²) >= 11 is 0. The van der Waals surface area contributed by atoms with Gasteiger partial charge in [0.1, 0.15) is 6.10 Å². The predicted molar refractivity (Wildman–Crippen MR) is 49.3 cm³/mol. The van der Waals surface area contributed by atoms with Crippen molar-refractivity contribution in [3.8, 4) is 0 Å². The van der Waals surface area contributed by atoms with Crippen molar-refractivity contribution in [2.24, 2.45) is 5.92 Å². The molecule has 0 N–H and O–H groups in total. The summed E-state index contributed by atoms with van der Waals surface area (Å²) in [6.45, 7) is 4.73. The molecular weight excluding hydrogens is 166 g/mol. The average Bonchev–Trinajstić information content (AvgIpc) is 2.72. The molecule has 2 fully saturated rings. The molecule has 0 spiro atoms. The van der Waals surface area contributed by atoms with E-state index in [4.69, 9.17) is 4.74 Å². The van der Waals surface area contributed by atoms with Crippen LogP contribution in [0.1, 0.15) is 26.2 Å². The molecule has 2 rings (SSSR count). The number of hydrogen-bond acceptors (Lipinski definition) is 2. The molecule has 13 heavy (non-hydrogen) atoms. The first-order valence-corrected chi connectivity index (χ1v) is 5.19. The third-order valence-corrected chi connectivity index (χ3v) is 3.05. The van der Waals surface area contributed by atoms with Gasteiger partial charge in [-0.1, -0.05) is 6.92 Å². The highest BCUT2D eigenvalue weighted by Crippen LogP contribution is 2.23. The van der Waals surface area contributed by atoms with Crippen LogP contribution < -0.4 is 0 Å². The number of amides is 1. The molecule has 74 valence electrons. The zero-order valence-electron chi connectivity index (χ0n) is 8.16. The summed E-state index contributed by atoms with van der Waals surface area (Å²) in [7, 11) is 0. The summed E-state index contributed by atoms with van der Waals surface area (Å²) < 4.78 is 5.45. The lowest BCUT2D eigenvalue weighted by atomic mass is 10.0. The monoisotopic (exact) mass is 183 g/mol. The van der Waals surface area contributed by atoms with Crippen molar-refractivity contribution in [2.45, 2.75) is 32.3 Å². The number of hydrogen-bond donors (Lipinski definition) is 0. The van der Waals surface area contributed by atoms with Crippen LogP contribution in [0.25, 0.3) is 0 Å². The Hall–Kier alpha value is -0.570. The Bertz CT molecular complexity index is 199. The van der Waals surface area contributed by atoms with E-state index in [2.05, 4.69) is 6.92 Å². The lowest BCUT2D eigenvalue weighted by Crippen LogP contribution is -2.39. The summed E-state index contributed by atoms with van der Waals surface area (Å²) in [5, 5.41) is 0. The Morgan fingerprint density at radius 3 is 2.62 bits per heavy atom. The summed E-state index contributed by atoms with van der Waals surface area (Å²) in [6, 6.07) is 0. The average molecular weight is 183 g/mol. The van der Waals surface area contributed by atoms with Crippen LogP contribution in [0.3, 0.4) is 0 Å². The molecule has 2 saturated heterocycles. The highest BCUT2D eigenvalue weighted by Gasteiger charge is 2.34. The van der Waals surface area contributed by atoms with E-state index in [0.29, 0.717) is 5.92 Å². The molecule has 0 bridgehead atoms. The predicted octanol–water partition coefficient (Wildman–Crippen LogP) is 1.03. The summed E-state index contributed by atoms with van der Waals surface area (Å²) in [4.78, 5) is 13.8. The molecule has 0 aromatic carbocycles. The Kier molecular flexibility index (Phi) is 2.54. The maximum absolute atomic E-state index is 11.9. The molecule has 2 aliphatic rings. The standard InChI is InChI=1S/C10H17NO2/c1-8-4-7-13-9(8)10(12)11-5-2-3-6-11/h8-9H,2-7H2,1H3. The molecule has 2 heterocycles. The first-order valence-electron chi connectivity index (χ1n) is 5.19. The van der Waals surface area contributed by atoms with Gasteiger partial charge in [-0.2, -0.15) is 0 Å². The van der Waals surface area contributed by atoms with Gasteiger partial charge in [-0.15, -0.1) is 0 Å². The Morgan fingerprint density at radius 2 is 2.08 bits per heavy atom. The van der Waals surface area contributed by atoms with Crippen LogP contribution in [0.4, 0.5) is 0 Å². The number of carbonyl (C=O) groups is 1. The van der Waals surface area contributed by atoms with Crippen LogP contribution >= 0.6 is 0 Å². The molecule has 0 aliphatic carbocycles. The third kappa shape index (κ3) is 1.70. The highest BCUT2D eigenvalue weighted by molar-refractivity contribution is 5.81. The second-order valence-corrected chi connectivity index (χ2v) is 4.09. The van der Waals surface area contributed by atoms with Crippen LogP contribution in [0, 0.1) is 5.92 Å². The normalized spacial score (nSPS) is 34.1. The van der Waals surface area contributed by atoms with E-state index in [-0.39, 0.29) is 12.0 Å². The summed E-state index contributed by atoms with van der Waals surface area (Å²) in [5.41, 5.74) is 0. The quantitative estimate of drug-likeness (QED) is 0.607. The fourth-order valence-electron chi connectivity index (χ4n) is 2.13. The third-order valence-electron chi connectivity index (χ3n) is 3.05. The van der Waals surface area contributed by atoms with Gasteiger partial charge in [0.25, 0.3) is 5.91 Å². The number of ether oxygens (including phenoxy) is 1. The van der Waals surface area contributed by atoms with Crippen LogP contribution in [0.5, 0.6) is 0 Å². The van der Waals surface area contributed by atoms with E-state index in [1.807, 2.05) is 4.90 Å². The summed E-state index contributed by atoms with van der Waals surface area (Å²) in [6.07, 6.45) is 3.21. The van der Waals surface area contributed by atoms with E-state index in [9.17, 15) is 4.79 Å². The van der Waals surface area contributed by atoms with E-state index in [1.165, 1.54) is 0 Å². The second-order valence-electron chi connectivity index (χ2n) is 4.09. The van der Waals surface area contributed by atoms with Crippen molar-refractivity contribution in [1.82, 2.24) is 4.90 Å². The second kappa shape index (κ2) is 3.66. The molecule has 2 atom stereocenters. The van der Waals surface area contributed by atoms with E-state index in [0.717, 1.165) is 39.0 Å². The number of rotatable bonds is 1. The highest BCUT2D eigenvalue weighted by atomic mass is 16.5. The zero-order valence-corrected chi connectivity index (χ0v) is 8.16. The molecule has 2 unspecified atom stereocenters. The molecule has 1 amide bonds. The minimum Gasteiger partial charge on any atom is -0.368 e. The summed E-state index contributed by atoms with van der Waals surface area (Å²) in [5.74, 6) is 0.635. The molecule has 0 radical (unpaired) electrons. The topological polar surface area (TPSA) is 29.5 Å². The molecule has 2 aliphatic heterocycles. The van der Waals surface area contributed by atoms with Gasteiger partial charge in [-0.05, 0) is 25.2 Å². The van der Waals surface area contributed by atoms with Gasteiger partial charge in [0, 0.05) is 19.7 Å². The Balaban J connectivity index is 1.95. The van der Waals surface area contributed by atoms with Crippen molar-refractivity contribution in [2.75, 3.05) is 19.7 Å². The van der Waals surface area contributed by atoms with Crippen LogP contribution in [0.2, 0.25) is 0 Å². The van der Waals surface area contributed by atoms with E-state index in [1.54, 1.807) is 0 Å². The lowest BCUT2D eigenvalue weighted by Gasteiger charge is -2.21. The number of nitrogens with zero attached hydrogens (tertiary/aromatic N) is 1. The van der Waals surface area contributed by atoms with E-state index >= 15 is 0 Å². The largest absolute Gasteiger partial charge is 0.368 e. The molecule has 3 heteroatoms. The van der Waals surface area contributed by atoms with Crippen molar-refractivity contribution >= 4 is 5.91 Å². The zero-order chi connectivity index (χ0) is 9.26. The van der Waals surface area contributed by atoms with Crippen molar-refractivity contribution in [3.05, 3.63) is 0 Å². The Labute approximate surface area is 79.0 Å². The first kappa shape index (κ1) is 9.00. The van der Waals surface area contributed by atoms with Gasteiger partial charge in [-0.3, -0.25) is 4.79 Å². The van der Waals surface area contributed by atoms with E-state index < -0.39 is 0 Å². The Morgan fingerprint density at radius 1 is 1.38 bits per heavy atom. The van der Waals surface area contributed by atoms with Gasteiger partial charge < -0.3 is 9.64 Å². The molecular formula is C10H17NO2. The van der Waals surface area contributed by atoms with Crippen LogP contribution in [0.15, 0.2) is 0 Å². The molecule has 0 aromatic heterocycles. The van der Waals surface area contributed by atoms with Gasteiger partial charge >= 0.3 is 0 Å². The van der Waals surface area contributed by atoms with Gasteiger partial charge in [0.2, 0.25) is 0 Å². The smallest absolute Gasteiger partial charge is 0.251 e. The molecule has 0 saturated carbocycles. The fourth-order valence-corrected chi connectivity index (χ4v) is 2.13. The molecule has 3 nitrogen and oxygen atoms in total. The maximum Gasteiger partial charge on any atom is 0.251 e. The lowest BCUT2D eigenvalue weighted by molar-refractivity contribution is -0.141. The number of carbonyl (C=O) groups excluding carboxylic acids is 1. The fraction of sp³-hybridized carbons (Fsp3) is 0.900. The van der Waals surface area contributed by atoms with Crippen molar-refractivity contribution < 1.29 is 9.53 Å². The van der Waals surface area contributed by atoms with Crippen molar-refractivity contribution in [1.29, 1.82) is 0 Å². The SMILES string of the molecule is CC1CCOC1C(=O)N1CCCC1. The van der Waals surface area contributed by atoms with Gasteiger partial charge in [-0.25, -0.2) is 0 Å².